The molecule has 0 radical (unpaired) electrons. The van der Waals surface area contributed by atoms with Gasteiger partial charge < -0.3 is 9.80 Å². The molecule has 1 amide bonds. The van der Waals surface area contributed by atoms with Crippen LogP contribution in [0.3, 0.4) is 0 Å². The van der Waals surface area contributed by atoms with E-state index in [0.717, 1.165) is 37.7 Å². The van der Waals surface area contributed by atoms with Crippen LogP contribution < -0.4 is 4.90 Å². The van der Waals surface area contributed by atoms with Crippen LogP contribution in [0.5, 0.6) is 0 Å². The Morgan fingerprint density at radius 3 is 2.09 bits per heavy atom. The second kappa shape index (κ2) is 11.8. The number of piperidine rings is 1. The normalized spacial score (nSPS) is 15.8. The zero-order chi connectivity index (χ0) is 22.9. The molecule has 3 aromatic rings. The molecule has 0 N–H and O–H groups in total. The highest BCUT2D eigenvalue weighted by Crippen LogP contribution is 2.28. The highest BCUT2D eigenvalue weighted by molar-refractivity contribution is 5.93. The summed E-state index contributed by atoms with van der Waals surface area (Å²) < 4.78 is 0. The molecule has 172 valence electrons. The molecule has 0 aromatic heterocycles. The predicted molar refractivity (Wildman–Crippen MR) is 138 cm³/mol. The molecule has 1 fully saturated rings. The number of para-hydroxylation sites is 1. The van der Waals surface area contributed by atoms with Crippen LogP contribution >= 0.6 is 0 Å². The second-order valence-corrected chi connectivity index (χ2v) is 9.36. The van der Waals surface area contributed by atoms with Gasteiger partial charge in [0.1, 0.15) is 0 Å². The fourth-order valence-corrected chi connectivity index (χ4v) is 4.96. The fraction of sp³-hybridized carbons (Fsp3) is 0.367. The molecule has 1 saturated heterocycles. The van der Waals surface area contributed by atoms with E-state index in [1.54, 1.807) is 4.90 Å². The van der Waals surface area contributed by atoms with E-state index in [9.17, 15) is 4.79 Å². The van der Waals surface area contributed by atoms with Crippen molar-refractivity contribution in [1.82, 2.24) is 4.90 Å². The summed E-state index contributed by atoms with van der Waals surface area (Å²) in [6.07, 6.45) is 5.28. The molecule has 0 bridgehead atoms. The number of nitrogens with zero attached hydrogens (tertiary/aromatic N) is 2. The van der Waals surface area contributed by atoms with Crippen molar-refractivity contribution in [2.24, 2.45) is 5.92 Å². The molecule has 33 heavy (non-hydrogen) atoms. The monoisotopic (exact) mass is 440 g/mol. The first-order valence-corrected chi connectivity index (χ1v) is 12.3. The maximum Gasteiger partial charge on any atom is 0.227 e. The molecule has 1 aliphatic rings. The number of hydrogen-bond donors (Lipinski definition) is 0. The molecule has 3 aromatic carbocycles. The lowest BCUT2D eigenvalue weighted by Gasteiger charge is -2.33. The lowest BCUT2D eigenvalue weighted by molar-refractivity contribution is -0.118. The van der Waals surface area contributed by atoms with Crippen LogP contribution in [0.4, 0.5) is 5.69 Å². The fourth-order valence-electron chi connectivity index (χ4n) is 4.96. The van der Waals surface area contributed by atoms with Crippen LogP contribution in [-0.4, -0.2) is 37.5 Å². The SMILES string of the molecule is CN(C(=O)CC(CCN1CCC(Cc2ccccc2)CC1)c1ccccc1)c1ccccc1. The molecule has 1 heterocycles. The quantitative estimate of drug-likeness (QED) is 0.397. The van der Waals surface area contributed by atoms with E-state index < -0.39 is 0 Å². The zero-order valence-electron chi connectivity index (χ0n) is 19.8. The molecule has 1 unspecified atom stereocenters. The number of benzene rings is 3. The van der Waals surface area contributed by atoms with Crippen LogP contribution in [0, 0.1) is 5.92 Å². The Kier molecular flexibility index (Phi) is 8.32. The zero-order valence-corrected chi connectivity index (χ0v) is 19.8. The maximum atomic E-state index is 13.1. The van der Waals surface area contributed by atoms with Gasteiger partial charge >= 0.3 is 0 Å². The molecule has 1 aliphatic heterocycles. The lowest BCUT2D eigenvalue weighted by Crippen LogP contribution is -2.36. The molecule has 0 aliphatic carbocycles. The largest absolute Gasteiger partial charge is 0.315 e. The summed E-state index contributed by atoms with van der Waals surface area (Å²) in [5.74, 6) is 1.21. The van der Waals surface area contributed by atoms with Gasteiger partial charge in [-0.2, -0.15) is 0 Å². The number of amides is 1. The van der Waals surface area contributed by atoms with Crippen LogP contribution in [0.1, 0.15) is 42.7 Å². The minimum absolute atomic E-state index is 0.177. The molecule has 4 rings (SSSR count). The Bertz CT molecular complexity index is 966. The summed E-state index contributed by atoms with van der Waals surface area (Å²) in [5.41, 5.74) is 3.68. The predicted octanol–water partition coefficient (Wildman–Crippen LogP) is 6.17. The first kappa shape index (κ1) is 23.3. The summed E-state index contributed by atoms with van der Waals surface area (Å²) in [7, 11) is 1.89. The van der Waals surface area contributed by atoms with Gasteiger partial charge in [0.05, 0.1) is 0 Å². The topological polar surface area (TPSA) is 23.6 Å². The van der Waals surface area contributed by atoms with Crippen LogP contribution in [0.2, 0.25) is 0 Å². The van der Waals surface area contributed by atoms with Crippen molar-refractivity contribution in [2.75, 3.05) is 31.6 Å². The summed E-state index contributed by atoms with van der Waals surface area (Å²) in [6.45, 7) is 3.38. The third-order valence-electron chi connectivity index (χ3n) is 7.08. The minimum atomic E-state index is 0.177. The summed E-state index contributed by atoms with van der Waals surface area (Å²) >= 11 is 0. The minimum Gasteiger partial charge on any atom is -0.315 e. The Hall–Kier alpha value is -2.91. The van der Waals surface area contributed by atoms with E-state index in [1.165, 1.54) is 30.4 Å². The first-order valence-electron chi connectivity index (χ1n) is 12.3. The third-order valence-corrected chi connectivity index (χ3v) is 7.08. The average Bonchev–Trinajstić information content (AvgIpc) is 2.88. The van der Waals surface area contributed by atoms with Crippen molar-refractivity contribution in [3.63, 3.8) is 0 Å². The van der Waals surface area contributed by atoms with Crippen molar-refractivity contribution in [3.8, 4) is 0 Å². The molecule has 3 heteroatoms. The Labute approximate surface area is 199 Å². The smallest absolute Gasteiger partial charge is 0.227 e. The molecule has 0 saturated carbocycles. The number of carbonyl (C=O) groups is 1. The van der Waals surface area contributed by atoms with Gasteiger partial charge in [-0.05, 0) is 80.4 Å². The van der Waals surface area contributed by atoms with Gasteiger partial charge in [0.2, 0.25) is 5.91 Å². The Morgan fingerprint density at radius 1 is 0.879 bits per heavy atom. The van der Waals surface area contributed by atoms with Crippen molar-refractivity contribution in [2.45, 2.75) is 38.0 Å². The molecule has 3 nitrogen and oxygen atoms in total. The van der Waals surface area contributed by atoms with E-state index in [2.05, 4.69) is 65.6 Å². The molecule has 1 atom stereocenters. The molecule has 0 spiro atoms. The highest BCUT2D eigenvalue weighted by atomic mass is 16.2. The summed E-state index contributed by atoms with van der Waals surface area (Å²) in [6, 6.07) is 31.4. The first-order chi connectivity index (χ1) is 16.2. The number of likely N-dealkylation sites (tertiary alicyclic amines) is 1. The van der Waals surface area contributed by atoms with E-state index in [0.29, 0.717) is 6.42 Å². The van der Waals surface area contributed by atoms with Gasteiger partial charge in [-0.3, -0.25) is 4.79 Å². The van der Waals surface area contributed by atoms with Gasteiger partial charge in [0, 0.05) is 19.2 Å². The van der Waals surface area contributed by atoms with Crippen molar-refractivity contribution in [3.05, 3.63) is 102 Å². The maximum absolute atomic E-state index is 13.1. The second-order valence-electron chi connectivity index (χ2n) is 9.36. The number of rotatable bonds is 9. The van der Waals surface area contributed by atoms with Gasteiger partial charge in [0.15, 0.2) is 0 Å². The van der Waals surface area contributed by atoms with E-state index >= 15 is 0 Å². The van der Waals surface area contributed by atoms with E-state index in [-0.39, 0.29) is 11.8 Å². The summed E-state index contributed by atoms with van der Waals surface area (Å²) in [4.78, 5) is 17.5. The van der Waals surface area contributed by atoms with Gasteiger partial charge in [-0.1, -0.05) is 78.9 Å². The van der Waals surface area contributed by atoms with Gasteiger partial charge in [-0.15, -0.1) is 0 Å². The van der Waals surface area contributed by atoms with E-state index in [4.69, 9.17) is 0 Å². The van der Waals surface area contributed by atoms with Gasteiger partial charge in [0.25, 0.3) is 0 Å². The van der Waals surface area contributed by atoms with Gasteiger partial charge in [-0.25, -0.2) is 0 Å². The van der Waals surface area contributed by atoms with Crippen LogP contribution in [0.25, 0.3) is 0 Å². The summed E-state index contributed by atoms with van der Waals surface area (Å²) in [5, 5.41) is 0. The molecular weight excluding hydrogens is 404 g/mol. The Morgan fingerprint density at radius 2 is 1.45 bits per heavy atom. The van der Waals surface area contributed by atoms with E-state index in [1.807, 2.05) is 37.4 Å². The highest BCUT2D eigenvalue weighted by Gasteiger charge is 2.23. The van der Waals surface area contributed by atoms with Crippen LogP contribution in [0.15, 0.2) is 91.0 Å². The number of anilines is 1. The van der Waals surface area contributed by atoms with Crippen molar-refractivity contribution >= 4 is 11.6 Å². The molecular formula is C30H36N2O. The average molecular weight is 441 g/mol. The lowest BCUT2D eigenvalue weighted by atomic mass is 9.89. The van der Waals surface area contributed by atoms with Crippen molar-refractivity contribution < 1.29 is 4.79 Å². The Balaban J connectivity index is 1.31. The third kappa shape index (κ3) is 6.79. The van der Waals surface area contributed by atoms with Crippen LogP contribution in [-0.2, 0) is 11.2 Å². The van der Waals surface area contributed by atoms with Crippen molar-refractivity contribution in [1.29, 1.82) is 0 Å². The number of carbonyl (C=O) groups excluding carboxylic acids is 1. The number of hydrogen-bond acceptors (Lipinski definition) is 2. The standard InChI is InChI=1S/C30H36N2O/c1-31(29-15-9-4-10-16-29)30(33)24-28(27-13-7-3-8-14-27)19-22-32-20-17-26(18-21-32)23-25-11-5-2-6-12-25/h2-16,26,28H,17-24H2,1H3.